The molecule has 3 rings (SSSR count). The molecule has 23 heavy (non-hydrogen) atoms. The summed E-state index contributed by atoms with van der Waals surface area (Å²) in [5.41, 5.74) is -0.823. The van der Waals surface area contributed by atoms with Gasteiger partial charge in [-0.1, -0.05) is 23.5 Å². The highest BCUT2D eigenvalue weighted by Crippen LogP contribution is 2.17. The second-order valence-corrected chi connectivity index (χ2v) is 7.17. The number of morpholine rings is 1. The van der Waals surface area contributed by atoms with Crippen LogP contribution in [0.25, 0.3) is 10.1 Å². The van der Waals surface area contributed by atoms with E-state index in [9.17, 15) is 14.4 Å². The third-order valence-corrected chi connectivity index (χ3v) is 4.82. The second kappa shape index (κ2) is 5.90. The first kappa shape index (κ1) is 15.9. The lowest BCUT2D eigenvalue weighted by Crippen LogP contribution is -2.52. The van der Waals surface area contributed by atoms with Crippen molar-refractivity contribution in [3.05, 3.63) is 44.3 Å². The summed E-state index contributed by atoms with van der Waals surface area (Å²) >= 11 is 0.983. The van der Waals surface area contributed by atoms with Gasteiger partial charge in [-0.3, -0.25) is 19.0 Å². The molecule has 0 spiro atoms. The van der Waals surface area contributed by atoms with Crippen molar-refractivity contribution in [1.29, 1.82) is 0 Å². The predicted molar refractivity (Wildman–Crippen MR) is 89.0 cm³/mol. The molecule has 2 heterocycles. The fourth-order valence-corrected chi connectivity index (χ4v) is 3.57. The molecule has 1 aliphatic rings. The molecule has 0 radical (unpaired) electrons. The van der Waals surface area contributed by atoms with E-state index in [-0.39, 0.29) is 12.5 Å². The topological polar surface area (TPSA) is 68.6 Å². The lowest BCUT2D eigenvalue weighted by Gasteiger charge is -2.38. The molecule has 0 N–H and O–H groups in total. The first-order chi connectivity index (χ1) is 10.9. The number of hydrogen-bond donors (Lipinski definition) is 0. The van der Waals surface area contributed by atoms with Gasteiger partial charge < -0.3 is 9.64 Å². The van der Waals surface area contributed by atoms with Crippen LogP contribution in [0.4, 0.5) is 0 Å². The minimum absolute atomic E-state index is 0.227. The number of rotatable bonds is 2. The maximum absolute atomic E-state index is 12.5. The fourth-order valence-electron chi connectivity index (χ4n) is 2.71. The van der Waals surface area contributed by atoms with Gasteiger partial charge in [-0.25, -0.2) is 0 Å². The van der Waals surface area contributed by atoms with Crippen LogP contribution in [0, 0.1) is 0 Å². The maximum Gasteiger partial charge on any atom is 0.311 e. The summed E-state index contributed by atoms with van der Waals surface area (Å²) in [6.45, 7) is 4.98. The Morgan fingerprint density at radius 3 is 2.78 bits per heavy atom. The van der Waals surface area contributed by atoms with Crippen LogP contribution in [0.15, 0.2) is 33.9 Å². The standard InChI is InChI=1S/C16H18N2O4S/c1-16(2)10-17(7-8-22-16)13(19)9-18-14(20)11-5-3-4-6-12(11)23-15(18)21/h3-6H,7-10H2,1-2H3. The van der Waals surface area contributed by atoms with Crippen molar-refractivity contribution in [2.24, 2.45) is 0 Å². The third-order valence-electron chi connectivity index (χ3n) is 3.85. The molecular formula is C16H18N2O4S. The molecule has 1 saturated heterocycles. The SMILES string of the molecule is CC1(C)CN(C(=O)Cn2c(=O)sc3ccccc3c2=O)CCO1. The Morgan fingerprint density at radius 2 is 2.04 bits per heavy atom. The summed E-state index contributed by atoms with van der Waals surface area (Å²) in [5, 5.41) is 0.465. The highest BCUT2D eigenvalue weighted by Gasteiger charge is 2.30. The molecule has 0 aliphatic carbocycles. The van der Waals surface area contributed by atoms with Crippen molar-refractivity contribution in [2.75, 3.05) is 19.7 Å². The van der Waals surface area contributed by atoms with Crippen LogP contribution >= 0.6 is 11.3 Å². The fraction of sp³-hybridized carbons (Fsp3) is 0.438. The number of nitrogens with zero attached hydrogens (tertiary/aromatic N) is 2. The van der Waals surface area contributed by atoms with Crippen molar-refractivity contribution >= 4 is 27.3 Å². The van der Waals surface area contributed by atoms with E-state index in [1.807, 2.05) is 13.8 Å². The minimum Gasteiger partial charge on any atom is -0.372 e. The molecule has 1 aliphatic heterocycles. The summed E-state index contributed by atoms with van der Waals surface area (Å²) in [6.07, 6.45) is 0. The number of ether oxygens (including phenoxy) is 1. The number of aromatic nitrogens is 1. The molecule has 0 bridgehead atoms. The molecule has 6 nitrogen and oxygen atoms in total. The van der Waals surface area contributed by atoms with Crippen molar-refractivity contribution in [3.8, 4) is 0 Å². The Hall–Kier alpha value is -1.99. The van der Waals surface area contributed by atoms with Crippen LogP contribution in [0.2, 0.25) is 0 Å². The summed E-state index contributed by atoms with van der Waals surface area (Å²) in [7, 11) is 0. The van der Waals surface area contributed by atoms with Crippen molar-refractivity contribution in [3.63, 3.8) is 0 Å². The minimum atomic E-state index is -0.412. The lowest BCUT2D eigenvalue weighted by molar-refractivity contribution is -0.146. The molecule has 1 fully saturated rings. The molecule has 1 aromatic heterocycles. The zero-order valence-corrected chi connectivity index (χ0v) is 13.9. The van der Waals surface area contributed by atoms with E-state index in [4.69, 9.17) is 4.74 Å². The smallest absolute Gasteiger partial charge is 0.311 e. The van der Waals surface area contributed by atoms with E-state index in [0.29, 0.717) is 29.8 Å². The van der Waals surface area contributed by atoms with Gasteiger partial charge in [0.05, 0.1) is 17.6 Å². The van der Waals surface area contributed by atoms with Gasteiger partial charge in [-0.2, -0.15) is 0 Å². The van der Waals surface area contributed by atoms with Crippen molar-refractivity contribution in [2.45, 2.75) is 26.0 Å². The van der Waals surface area contributed by atoms with Gasteiger partial charge in [-0.15, -0.1) is 0 Å². The molecule has 2 aromatic rings. The second-order valence-electron chi connectivity index (χ2n) is 6.18. The Morgan fingerprint density at radius 1 is 1.30 bits per heavy atom. The van der Waals surface area contributed by atoms with Gasteiger partial charge in [0.2, 0.25) is 5.91 Å². The number of hydrogen-bond acceptors (Lipinski definition) is 5. The normalized spacial score (nSPS) is 17.4. The van der Waals surface area contributed by atoms with Gasteiger partial charge in [-0.05, 0) is 26.0 Å². The Balaban J connectivity index is 1.91. The quantitative estimate of drug-likeness (QED) is 0.823. The first-order valence-electron chi connectivity index (χ1n) is 7.42. The zero-order valence-electron chi connectivity index (χ0n) is 13.1. The summed E-state index contributed by atoms with van der Waals surface area (Å²) in [5.74, 6) is -0.233. The summed E-state index contributed by atoms with van der Waals surface area (Å²) in [4.78, 5) is 38.4. The molecule has 0 saturated carbocycles. The van der Waals surface area contributed by atoms with Crippen LogP contribution in [0.3, 0.4) is 0 Å². The Labute approximate surface area is 136 Å². The Bertz CT molecular complexity index is 868. The number of benzene rings is 1. The van der Waals surface area contributed by atoms with E-state index < -0.39 is 16.0 Å². The van der Waals surface area contributed by atoms with E-state index >= 15 is 0 Å². The van der Waals surface area contributed by atoms with E-state index in [1.54, 1.807) is 29.2 Å². The summed E-state index contributed by atoms with van der Waals surface area (Å²) in [6, 6.07) is 6.94. The largest absolute Gasteiger partial charge is 0.372 e. The van der Waals surface area contributed by atoms with E-state index in [2.05, 4.69) is 0 Å². The molecule has 1 aromatic carbocycles. The number of fused-ring (bicyclic) bond motifs is 1. The van der Waals surface area contributed by atoms with Crippen LogP contribution < -0.4 is 10.4 Å². The monoisotopic (exact) mass is 334 g/mol. The molecule has 122 valence electrons. The highest BCUT2D eigenvalue weighted by molar-refractivity contribution is 7.16. The van der Waals surface area contributed by atoms with Gasteiger partial charge in [0, 0.05) is 17.8 Å². The van der Waals surface area contributed by atoms with Crippen LogP contribution in [-0.2, 0) is 16.1 Å². The average molecular weight is 334 g/mol. The van der Waals surface area contributed by atoms with Crippen LogP contribution in [0.5, 0.6) is 0 Å². The first-order valence-corrected chi connectivity index (χ1v) is 8.23. The summed E-state index contributed by atoms with van der Waals surface area (Å²) < 4.78 is 7.24. The van der Waals surface area contributed by atoms with Crippen LogP contribution in [-0.4, -0.2) is 40.7 Å². The number of carbonyl (C=O) groups is 1. The van der Waals surface area contributed by atoms with Gasteiger partial charge in [0.15, 0.2) is 0 Å². The molecular weight excluding hydrogens is 316 g/mol. The molecule has 1 amide bonds. The van der Waals surface area contributed by atoms with Crippen LogP contribution in [0.1, 0.15) is 13.8 Å². The number of carbonyl (C=O) groups excluding carboxylic acids is 1. The van der Waals surface area contributed by atoms with Crippen molar-refractivity contribution < 1.29 is 9.53 Å². The zero-order chi connectivity index (χ0) is 16.6. The molecule has 0 atom stereocenters. The number of amides is 1. The van der Waals surface area contributed by atoms with E-state index in [1.165, 1.54) is 0 Å². The maximum atomic E-state index is 12.5. The lowest BCUT2D eigenvalue weighted by atomic mass is 10.1. The van der Waals surface area contributed by atoms with Gasteiger partial charge in [0.1, 0.15) is 6.54 Å². The Kier molecular flexibility index (Phi) is 4.08. The molecule has 7 heteroatoms. The van der Waals surface area contributed by atoms with Crippen molar-refractivity contribution in [1.82, 2.24) is 9.47 Å². The van der Waals surface area contributed by atoms with E-state index in [0.717, 1.165) is 15.9 Å². The average Bonchev–Trinajstić information content (AvgIpc) is 2.50. The van der Waals surface area contributed by atoms with Gasteiger partial charge in [0.25, 0.3) is 5.56 Å². The molecule has 0 unspecified atom stereocenters. The highest BCUT2D eigenvalue weighted by atomic mass is 32.1. The van der Waals surface area contributed by atoms with Gasteiger partial charge >= 0.3 is 4.87 Å². The third kappa shape index (κ3) is 3.20. The predicted octanol–water partition coefficient (Wildman–Crippen LogP) is 1.06.